The summed E-state index contributed by atoms with van der Waals surface area (Å²) in [5, 5.41) is 6.33. The lowest BCUT2D eigenvalue weighted by Crippen LogP contribution is -2.55. The number of nitrogens with one attached hydrogen (secondary N) is 2. The number of fused-ring (bicyclic) bond motifs is 4. The van der Waals surface area contributed by atoms with Crippen LogP contribution in [0, 0.1) is 5.92 Å². The molecule has 0 aromatic carbocycles. The molecule has 1 aliphatic carbocycles. The normalized spacial score (nSPS) is 33.1. The first-order valence-corrected chi connectivity index (χ1v) is 9.16. The highest BCUT2D eigenvalue weighted by atomic mass is 16.6. The predicted octanol–water partition coefficient (Wildman–Crippen LogP) is -1.37. The van der Waals surface area contributed by atoms with Gasteiger partial charge in [-0.1, -0.05) is 0 Å². The van der Waals surface area contributed by atoms with Gasteiger partial charge in [0.25, 0.3) is 0 Å². The number of methoxy groups -OCH3 is 2. The fraction of sp³-hybridized carbons (Fsp3) is 0.611. The second kappa shape index (κ2) is 6.57. The number of hydrogen-bond donors (Lipinski definition) is 3. The van der Waals surface area contributed by atoms with Crippen LogP contribution in [0.25, 0.3) is 0 Å². The third kappa shape index (κ3) is 2.41. The number of piperazine rings is 1. The van der Waals surface area contributed by atoms with Crippen LogP contribution in [-0.2, 0) is 23.8 Å². The molecule has 1 amide bonds. The smallest absolute Gasteiger partial charge is 0.404 e. The zero-order valence-corrected chi connectivity index (χ0v) is 16.0. The molecule has 0 radical (unpaired) electrons. The molecule has 3 heterocycles. The van der Waals surface area contributed by atoms with E-state index in [4.69, 9.17) is 19.9 Å². The highest BCUT2D eigenvalue weighted by Crippen LogP contribution is 2.55. The van der Waals surface area contributed by atoms with E-state index in [-0.39, 0.29) is 36.0 Å². The lowest BCUT2D eigenvalue weighted by molar-refractivity contribution is -0.137. The molecule has 4 rings (SSSR count). The Morgan fingerprint density at radius 1 is 1.36 bits per heavy atom. The van der Waals surface area contributed by atoms with Crippen LogP contribution in [0.5, 0.6) is 0 Å². The molecule has 152 valence electrons. The molecule has 0 bridgehead atoms. The minimum atomic E-state index is -0.960. The number of allylic oxidation sites excluding steroid dienone is 2. The summed E-state index contributed by atoms with van der Waals surface area (Å²) in [6, 6.07) is 0.105. The van der Waals surface area contributed by atoms with Crippen molar-refractivity contribution in [3.8, 4) is 0 Å². The monoisotopic (exact) mass is 392 g/mol. The molecule has 10 heteroatoms. The minimum Gasteiger partial charge on any atom is -0.449 e. The number of rotatable bonds is 7. The fourth-order valence-corrected chi connectivity index (χ4v) is 4.78. The van der Waals surface area contributed by atoms with E-state index in [2.05, 4.69) is 10.6 Å². The van der Waals surface area contributed by atoms with Crippen LogP contribution in [0.2, 0.25) is 0 Å². The number of primary amides is 1. The molecule has 0 spiro atoms. The molecule has 4 N–H and O–H groups in total. The van der Waals surface area contributed by atoms with E-state index in [0.29, 0.717) is 36.5 Å². The Morgan fingerprint density at radius 3 is 2.75 bits per heavy atom. The van der Waals surface area contributed by atoms with Gasteiger partial charge in [-0.05, 0) is 6.92 Å². The molecular formula is C18H24N4O6. The number of carbonyl (C=O) groups excluding carboxylic acids is 3. The molecule has 0 saturated carbocycles. The summed E-state index contributed by atoms with van der Waals surface area (Å²) >= 11 is 0. The van der Waals surface area contributed by atoms with E-state index in [1.807, 2.05) is 4.90 Å². The van der Waals surface area contributed by atoms with E-state index in [1.54, 1.807) is 14.0 Å². The third-order valence-electron chi connectivity index (χ3n) is 6.04. The maximum atomic E-state index is 13.4. The van der Waals surface area contributed by atoms with Gasteiger partial charge in [0.05, 0.1) is 30.0 Å². The highest BCUT2D eigenvalue weighted by Gasteiger charge is 2.72. The summed E-state index contributed by atoms with van der Waals surface area (Å²) in [5.41, 5.74) is 5.46. The molecule has 4 unspecified atom stereocenters. The summed E-state index contributed by atoms with van der Waals surface area (Å²) in [6.07, 6.45) is -0.940. The largest absolute Gasteiger partial charge is 0.449 e. The van der Waals surface area contributed by atoms with Crippen LogP contribution in [0.4, 0.5) is 4.79 Å². The van der Waals surface area contributed by atoms with E-state index in [0.717, 1.165) is 0 Å². The molecule has 28 heavy (non-hydrogen) atoms. The number of Topliss-reactive ketones (excluding diaryl/α,β-unsaturated/α-hetero) is 2. The van der Waals surface area contributed by atoms with Crippen molar-refractivity contribution in [1.29, 1.82) is 0 Å². The molecule has 4 aliphatic rings. The number of nitrogens with zero attached hydrogens (tertiary/aromatic N) is 1. The molecule has 0 aromatic rings. The minimum absolute atomic E-state index is 0.0598. The molecule has 0 aromatic heterocycles. The van der Waals surface area contributed by atoms with Crippen LogP contribution in [-0.4, -0.2) is 80.9 Å². The fourth-order valence-electron chi connectivity index (χ4n) is 4.78. The van der Waals surface area contributed by atoms with Crippen molar-refractivity contribution in [3.63, 3.8) is 0 Å². The van der Waals surface area contributed by atoms with Crippen molar-refractivity contribution in [2.24, 2.45) is 11.7 Å². The number of carbonyl (C=O) groups is 3. The lowest BCUT2D eigenvalue weighted by Gasteiger charge is -2.39. The van der Waals surface area contributed by atoms with Gasteiger partial charge in [0.1, 0.15) is 6.61 Å². The lowest BCUT2D eigenvalue weighted by atomic mass is 9.82. The summed E-state index contributed by atoms with van der Waals surface area (Å²) < 4.78 is 16.0. The highest BCUT2D eigenvalue weighted by molar-refractivity contribution is 6.25. The third-order valence-corrected chi connectivity index (χ3v) is 6.04. The van der Waals surface area contributed by atoms with Crippen LogP contribution in [0.15, 0.2) is 22.5 Å². The Bertz CT molecular complexity index is 821. The molecular weight excluding hydrogens is 368 g/mol. The van der Waals surface area contributed by atoms with Crippen LogP contribution >= 0.6 is 0 Å². The number of amides is 1. The summed E-state index contributed by atoms with van der Waals surface area (Å²) in [6.45, 7) is 2.81. The van der Waals surface area contributed by atoms with E-state index in [9.17, 15) is 14.4 Å². The van der Waals surface area contributed by atoms with Gasteiger partial charge in [-0.15, -0.1) is 0 Å². The standard InChI is InChI=1S/C18H24N4O6/c1-8-12(20-4-5-26-2)15(24)11-9(7-28-17(19)25)18(27-3)16-10(21-16)6-22(18)13(11)14(8)23/h9-10,16,20-21H,4-7H2,1-3H3,(H2,19,25). The molecule has 3 aliphatic heterocycles. The quantitative estimate of drug-likeness (QED) is 0.272. The van der Waals surface area contributed by atoms with Crippen LogP contribution < -0.4 is 16.4 Å². The Labute approximate surface area is 162 Å². The Kier molecular flexibility index (Phi) is 4.44. The van der Waals surface area contributed by atoms with Gasteiger partial charge in [-0.3, -0.25) is 9.59 Å². The van der Waals surface area contributed by atoms with Crippen molar-refractivity contribution in [2.45, 2.75) is 24.7 Å². The van der Waals surface area contributed by atoms with Gasteiger partial charge in [0.2, 0.25) is 11.6 Å². The second-order valence-corrected chi connectivity index (χ2v) is 7.34. The average molecular weight is 392 g/mol. The zero-order valence-electron chi connectivity index (χ0n) is 16.0. The summed E-state index contributed by atoms with van der Waals surface area (Å²) in [5.74, 6) is -1.14. The number of hydrogen-bond acceptors (Lipinski definition) is 9. The predicted molar refractivity (Wildman–Crippen MR) is 95.8 cm³/mol. The first kappa shape index (κ1) is 18.9. The first-order chi connectivity index (χ1) is 13.4. The first-order valence-electron chi connectivity index (χ1n) is 9.16. The van der Waals surface area contributed by atoms with Crippen molar-refractivity contribution < 1.29 is 28.6 Å². The zero-order chi connectivity index (χ0) is 20.2. The second-order valence-electron chi connectivity index (χ2n) is 7.34. The van der Waals surface area contributed by atoms with Gasteiger partial charge < -0.3 is 35.5 Å². The van der Waals surface area contributed by atoms with Crippen LogP contribution in [0.3, 0.4) is 0 Å². The van der Waals surface area contributed by atoms with Gasteiger partial charge in [0, 0.05) is 44.5 Å². The van der Waals surface area contributed by atoms with Crippen molar-refractivity contribution >= 4 is 17.7 Å². The summed E-state index contributed by atoms with van der Waals surface area (Å²) in [7, 11) is 3.10. The van der Waals surface area contributed by atoms with Crippen LogP contribution in [0.1, 0.15) is 6.92 Å². The topological polar surface area (TPSA) is 142 Å². The van der Waals surface area contributed by atoms with E-state index in [1.165, 1.54) is 7.11 Å². The van der Waals surface area contributed by atoms with E-state index < -0.39 is 17.7 Å². The Morgan fingerprint density at radius 2 is 2.11 bits per heavy atom. The maximum Gasteiger partial charge on any atom is 0.404 e. The van der Waals surface area contributed by atoms with Gasteiger partial charge in [-0.2, -0.15) is 0 Å². The molecule has 2 fully saturated rings. The number of ketones is 2. The van der Waals surface area contributed by atoms with Crippen molar-refractivity contribution in [3.05, 3.63) is 22.5 Å². The van der Waals surface area contributed by atoms with Crippen molar-refractivity contribution in [2.75, 3.05) is 40.5 Å². The number of nitrogens with two attached hydrogens (primary N) is 1. The SMILES string of the molecule is COCCNC1=C(C)C(=O)C2=C(C1=O)C(COC(N)=O)C1(OC)C3NC3CN21. The average Bonchev–Trinajstić information content (AvgIpc) is 3.27. The van der Waals surface area contributed by atoms with Crippen molar-refractivity contribution in [1.82, 2.24) is 15.5 Å². The molecule has 2 saturated heterocycles. The molecule has 10 nitrogen and oxygen atoms in total. The van der Waals surface area contributed by atoms with E-state index >= 15 is 0 Å². The van der Waals surface area contributed by atoms with Gasteiger partial charge in [-0.25, -0.2) is 4.79 Å². The Hall–Kier alpha value is -2.43. The van der Waals surface area contributed by atoms with Gasteiger partial charge >= 0.3 is 6.09 Å². The maximum absolute atomic E-state index is 13.4. The number of ether oxygens (including phenoxy) is 3. The summed E-state index contributed by atoms with van der Waals surface area (Å²) in [4.78, 5) is 39.7. The Balaban J connectivity index is 1.74. The molecule has 4 atom stereocenters. The van der Waals surface area contributed by atoms with Gasteiger partial charge in [0.15, 0.2) is 5.72 Å².